The van der Waals surface area contributed by atoms with Crippen LogP contribution in [0.4, 0.5) is 0 Å². The minimum atomic E-state index is -0.787. The zero-order chi connectivity index (χ0) is 11.5. The van der Waals surface area contributed by atoms with E-state index < -0.39 is 12.2 Å². The fourth-order valence-corrected chi connectivity index (χ4v) is 2.52. The summed E-state index contributed by atoms with van der Waals surface area (Å²) in [5.74, 6) is 0.00167. The molecule has 2 atom stereocenters. The van der Waals surface area contributed by atoms with Gasteiger partial charge in [-0.1, -0.05) is 0 Å². The van der Waals surface area contributed by atoms with Crippen LogP contribution in [0.25, 0.3) is 0 Å². The summed E-state index contributed by atoms with van der Waals surface area (Å²) in [6.07, 6.45) is -0.406. The Labute approximate surface area is 98.1 Å². The third-order valence-corrected chi connectivity index (χ3v) is 3.55. The van der Waals surface area contributed by atoms with E-state index >= 15 is 0 Å². The Bertz CT molecular complexity index is 342. The fraction of sp³-hybridized carbons (Fsp3) is 0.545. The highest BCUT2D eigenvalue weighted by Crippen LogP contribution is 2.14. The number of rotatable bonds is 3. The van der Waals surface area contributed by atoms with E-state index in [-0.39, 0.29) is 19.0 Å². The molecule has 2 heterocycles. The Morgan fingerprint density at radius 3 is 2.69 bits per heavy atom. The lowest BCUT2D eigenvalue weighted by molar-refractivity contribution is -0.130. The molecule has 1 fully saturated rings. The molecular formula is C11H15NO3S. The van der Waals surface area contributed by atoms with Crippen LogP contribution in [-0.4, -0.2) is 46.3 Å². The van der Waals surface area contributed by atoms with Crippen LogP contribution in [0, 0.1) is 0 Å². The van der Waals surface area contributed by atoms with Crippen molar-refractivity contribution in [2.24, 2.45) is 0 Å². The highest BCUT2D eigenvalue weighted by molar-refractivity contribution is 7.07. The van der Waals surface area contributed by atoms with Gasteiger partial charge >= 0.3 is 0 Å². The van der Waals surface area contributed by atoms with Crippen LogP contribution in [0.3, 0.4) is 0 Å². The molecule has 0 radical (unpaired) electrons. The van der Waals surface area contributed by atoms with Gasteiger partial charge in [-0.2, -0.15) is 11.3 Å². The largest absolute Gasteiger partial charge is 0.388 e. The first-order chi connectivity index (χ1) is 7.66. The number of aryl methyl sites for hydroxylation is 1. The number of aliphatic hydroxyl groups excluding tert-OH is 2. The average molecular weight is 241 g/mol. The van der Waals surface area contributed by atoms with E-state index in [0.717, 1.165) is 6.42 Å². The molecule has 16 heavy (non-hydrogen) atoms. The van der Waals surface area contributed by atoms with Gasteiger partial charge in [0, 0.05) is 19.5 Å². The van der Waals surface area contributed by atoms with E-state index in [4.69, 9.17) is 0 Å². The van der Waals surface area contributed by atoms with Gasteiger partial charge in [-0.05, 0) is 28.8 Å². The number of hydrogen-bond donors (Lipinski definition) is 2. The van der Waals surface area contributed by atoms with Crippen molar-refractivity contribution < 1.29 is 15.0 Å². The second-order valence-electron chi connectivity index (χ2n) is 4.07. The van der Waals surface area contributed by atoms with Gasteiger partial charge in [0.25, 0.3) is 0 Å². The van der Waals surface area contributed by atoms with Crippen molar-refractivity contribution in [2.75, 3.05) is 13.1 Å². The lowest BCUT2D eigenvalue weighted by atomic mass is 10.2. The summed E-state index contributed by atoms with van der Waals surface area (Å²) in [7, 11) is 0. The molecule has 0 spiro atoms. The van der Waals surface area contributed by atoms with Crippen molar-refractivity contribution in [3.05, 3.63) is 22.4 Å². The van der Waals surface area contributed by atoms with Crippen molar-refractivity contribution in [3.63, 3.8) is 0 Å². The van der Waals surface area contributed by atoms with Crippen LogP contribution in [0.5, 0.6) is 0 Å². The molecule has 1 aliphatic heterocycles. The Morgan fingerprint density at radius 1 is 1.44 bits per heavy atom. The first-order valence-corrected chi connectivity index (χ1v) is 6.26. The van der Waals surface area contributed by atoms with Gasteiger partial charge in [0.2, 0.25) is 5.91 Å². The first-order valence-electron chi connectivity index (χ1n) is 5.32. The number of aliphatic hydroxyl groups is 2. The van der Waals surface area contributed by atoms with E-state index in [2.05, 4.69) is 0 Å². The van der Waals surface area contributed by atoms with Crippen LogP contribution >= 0.6 is 11.3 Å². The maximum absolute atomic E-state index is 11.7. The van der Waals surface area contributed by atoms with Crippen molar-refractivity contribution in [1.82, 2.24) is 4.90 Å². The molecule has 0 unspecified atom stereocenters. The van der Waals surface area contributed by atoms with Crippen LogP contribution in [0.1, 0.15) is 12.0 Å². The molecule has 1 amide bonds. The summed E-state index contributed by atoms with van der Waals surface area (Å²) in [4.78, 5) is 13.3. The highest BCUT2D eigenvalue weighted by atomic mass is 32.1. The quantitative estimate of drug-likeness (QED) is 0.797. The number of hydrogen-bond acceptors (Lipinski definition) is 4. The van der Waals surface area contributed by atoms with Crippen LogP contribution in [0.15, 0.2) is 16.8 Å². The standard InChI is InChI=1S/C11H15NO3S/c13-9-5-12(6-10(9)14)11(15)2-1-8-3-4-16-7-8/h3-4,7,9-10,13-14H,1-2,5-6H2/t9-,10-/m1/s1. The zero-order valence-electron chi connectivity index (χ0n) is 8.87. The monoisotopic (exact) mass is 241 g/mol. The van der Waals surface area contributed by atoms with Crippen LogP contribution in [0.2, 0.25) is 0 Å². The number of likely N-dealkylation sites (tertiary alicyclic amines) is 1. The summed E-state index contributed by atoms with van der Waals surface area (Å²) in [6, 6.07) is 2.01. The topological polar surface area (TPSA) is 60.8 Å². The summed E-state index contributed by atoms with van der Waals surface area (Å²) >= 11 is 1.62. The van der Waals surface area contributed by atoms with Gasteiger partial charge in [0.15, 0.2) is 0 Å². The Hall–Kier alpha value is -0.910. The van der Waals surface area contributed by atoms with Crippen molar-refractivity contribution in [2.45, 2.75) is 25.0 Å². The number of amides is 1. The molecule has 0 aromatic carbocycles. The molecule has 2 N–H and O–H groups in total. The molecule has 4 nitrogen and oxygen atoms in total. The second kappa shape index (κ2) is 4.95. The van der Waals surface area contributed by atoms with Crippen molar-refractivity contribution in [1.29, 1.82) is 0 Å². The van der Waals surface area contributed by atoms with Crippen molar-refractivity contribution >= 4 is 17.2 Å². The smallest absolute Gasteiger partial charge is 0.223 e. The maximum Gasteiger partial charge on any atom is 0.223 e. The Balaban J connectivity index is 1.80. The molecular weight excluding hydrogens is 226 g/mol. The third kappa shape index (κ3) is 2.61. The fourth-order valence-electron chi connectivity index (χ4n) is 1.82. The molecule has 2 rings (SSSR count). The maximum atomic E-state index is 11.7. The van der Waals surface area contributed by atoms with E-state index in [1.807, 2.05) is 16.8 Å². The molecule has 1 aromatic rings. The number of thiophene rings is 1. The van der Waals surface area contributed by atoms with Crippen LogP contribution in [-0.2, 0) is 11.2 Å². The molecule has 1 aliphatic rings. The minimum absolute atomic E-state index is 0.00167. The molecule has 88 valence electrons. The van der Waals surface area contributed by atoms with E-state index in [9.17, 15) is 15.0 Å². The van der Waals surface area contributed by atoms with Gasteiger partial charge in [-0.15, -0.1) is 0 Å². The summed E-state index contributed by atoms with van der Waals surface area (Å²) in [6.45, 7) is 0.507. The molecule has 5 heteroatoms. The van der Waals surface area contributed by atoms with Crippen LogP contribution < -0.4 is 0 Å². The SMILES string of the molecule is O=C(CCc1ccsc1)N1C[C@@H](O)[C@H](O)C1. The zero-order valence-corrected chi connectivity index (χ0v) is 9.69. The number of β-amino-alcohol motifs (C(OH)–C–C–N with tert-alkyl or cyclic N) is 2. The molecule has 0 saturated carbocycles. The summed E-state index contributed by atoms with van der Waals surface area (Å²) < 4.78 is 0. The first kappa shape index (κ1) is 11.6. The van der Waals surface area contributed by atoms with E-state index in [1.54, 1.807) is 11.3 Å². The predicted octanol–water partition coefficient (Wildman–Crippen LogP) is 0.245. The van der Waals surface area contributed by atoms with Gasteiger partial charge < -0.3 is 15.1 Å². The highest BCUT2D eigenvalue weighted by Gasteiger charge is 2.31. The van der Waals surface area contributed by atoms with Gasteiger partial charge in [0.1, 0.15) is 0 Å². The second-order valence-corrected chi connectivity index (χ2v) is 4.85. The molecule has 1 aromatic heterocycles. The molecule has 1 saturated heterocycles. The average Bonchev–Trinajstić information content (AvgIpc) is 2.86. The molecule has 0 aliphatic carbocycles. The lowest BCUT2D eigenvalue weighted by Crippen LogP contribution is -2.29. The summed E-state index contributed by atoms with van der Waals surface area (Å²) in [5.41, 5.74) is 1.17. The Morgan fingerprint density at radius 2 is 2.12 bits per heavy atom. The summed E-state index contributed by atoms with van der Waals surface area (Å²) in [5, 5.41) is 22.7. The van der Waals surface area contributed by atoms with Gasteiger partial charge in [-0.25, -0.2) is 0 Å². The van der Waals surface area contributed by atoms with Gasteiger partial charge in [-0.3, -0.25) is 4.79 Å². The van der Waals surface area contributed by atoms with Crippen molar-refractivity contribution in [3.8, 4) is 0 Å². The lowest BCUT2D eigenvalue weighted by Gasteiger charge is -2.14. The third-order valence-electron chi connectivity index (χ3n) is 2.82. The van der Waals surface area contributed by atoms with E-state index in [0.29, 0.717) is 6.42 Å². The minimum Gasteiger partial charge on any atom is -0.388 e. The molecule has 0 bridgehead atoms. The predicted molar refractivity (Wildman–Crippen MR) is 61.2 cm³/mol. The van der Waals surface area contributed by atoms with Gasteiger partial charge in [0.05, 0.1) is 12.2 Å². The number of carbonyl (C=O) groups excluding carboxylic acids is 1. The van der Waals surface area contributed by atoms with E-state index in [1.165, 1.54) is 10.5 Å². The normalized spacial score (nSPS) is 25.0. The number of nitrogens with zero attached hydrogens (tertiary/aromatic N) is 1. The number of carbonyl (C=O) groups is 1. The Kier molecular flexibility index (Phi) is 3.58.